The molecular formula is C10H5F2NO4. The lowest BCUT2D eigenvalue weighted by atomic mass is 10.1. The minimum absolute atomic E-state index is 0.00926. The number of amides is 1. The molecule has 0 saturated heterocycles. The number of carbonyl (C=O) groups is 3. The van der Waals surface area contributed by atoms with Crippen molar-refractivity contribution in [1.29, 1.82) is 0 Å². The third kappa shape index (κ3) is 1.47. The molecule has 1 aliphatic rings. The highest BCUT2D eigenvalue weighted by Crippen LogP contribution is 2.33. The Morgan fingerprint density at radius 3 is 2.59 bits per heavy atom. The lowest BCUT2D eigenvalue weighted by Crippen LogP contribution is -2.42. The van der Waals surface area contributed by atoms with Gasteiger partial charge in [0.25, 0.3) is 12.1 Å². The van der Waals surface area contributed by atoms with Gasteiger partial charge in [-0.25, -0.2) is 13.6 Å². The molecule has 7 heteroatoms. The summed E-state index contributed by atoms with van der Waals surface area (Å²) in [4.78, 5) is 33.2. The second-order valence-electron chi connectivity index (χ2n) is 3.31. The maximum absolute atomic E-state index is 13.4. The summed E-state index contributed by atoms with van der Waals surface area (Å²) in [5.74, 6) is -5.50. The van der Waals surface area contributed by atoms with Crippen LogP contribution in [-0.2, 0) is 9.59 Å². The Bertz CT molecular complexity index is 543. The normalized spacial score (nSPS) is 16.0. The predicted octanol–water partition coefficient (Wildman–Crippen LogP) is 0.735. The van der Waals surface area contributed by atoms with Gasteiger partial charge >= 0.3 is 11.9 Å². The van der Waals surface area contributed by atoms with Crippen LogP contribution < -0.4 is 4.90 Å². The van der Waals surface area contributed by atoms with Crippen LogP contribution in [0.3, 0.4) is 0 Å². The quantitative estimate of drug-likeness (QED) is 0.612. The maximum Gasteiger partial charge on any atom is 0.360 e. The van der Waals surface area contributed by atoms with E-state index in [0.29, 0.717) is 0 Å². The first-order valence-corrected chi connectivity index (χ1v) is 4.48. The molecule has 1 atom stereocenters. The molecule has 1 heterocycles. The number of fused-ring (bicyclic) bond motifs is 1. The largest absolute Gasteiger partial charge is 0.478 e. The summed E-state index contributed by atoms with van der Waals surface area (Å²) in [6.07, 6.45) is -2.79. The van der Waals surface area contributed by atoms with Crippen LogP contribution in [0.4, 0.5) is 14.5 Å². The van der Waals surface area contributed by atoms with Crippen molar-refractivity contribution in [1.82, 2.24) is 0 Å². The molecule has 1 aromatic rings. The number of anilines is 1. The lowest BCUT2D eigenvalue weighted by Gasteiger charge is -2.17. The molecule has 1 unspecified atom stereocenters. The zero-order valence-corrected chi connectivity index (χ0v) is 8.18. The van der Waals surface area contributed by atoms with Gasteiger partial charge in [0.1, 0.15) is 5.82 Å². The fourth-order valence-corrected chi connectivity index (χ4v) is 1.60. The average molecular weight is 241 g/mol. The highest BCUT2D eigenvalue weighted by atomic mass is 19.1. The molecule has 1 amide bonds. The van der Waals surface area contributed by atoms with Crippen LogP contribution in [0.25, 0.3) is 0 Å². The summed E-state index contributed by atoms with van der Waals surface area (Å²) >= 11 is 0. The number of carboxylic acids is 1. The molecule has 5 nitrogen and oxygen atoms in total. The SMILES string of the molecule is O=C1C(=O)N(C(F)C(=O)O)c2c(F)cccc21. The number of carbonyl (C=O) groups excluding carboxylic acids is 2. The number of alkyl halides is 1. The van der Waals surface area contributed by atoms with Gasteiger partial charge in [0.05, 0.1) is 11.3 Å². The first-order chi connectivity index (χ1) is 7.95. The van der Waals surface area contributed by atoms with E-state index in [2.05, 4.69) is 0 Å². The zero-order chi connectivity index (χ0) is 12.7. The highest BCUT2D eigenvalue weighted by molar-refractivity contribution is 6.52. The molecule has 1 N–H and O–H groups in total. The molecule has 0 spiro atoms. The van der Waals surface area contributed by atoms with E-state index in [9.17, 15) is 23.2 Å². The van der Waals surface area contributed by atoms with Crippen molar-refractivity contribution in [2.75, 3.05) is 4.90 Å². The standard InChI is InChI=1S/C10H5F2NO4/c11-5-3-1-2-4-6(5)13(8(12)10(16)17)9(15)7(4)14/h1-3,8H,(H,16,17). The molecule has 1 aliphatic heterocycles. The predicted molar refractivity (Wildman–Crippen MR) is 50.7 cm³/mol. The van der Waals surface area contributed by atoms with Crippen LogP contribution in [0.1, 0.15) is 10.4 Å². The summed E-state index contributed by atoms with van der Waals surface area (Å²) in [5, 5.41) is 8.46. The number of halogens is 2. The number of Topliss-reactive ketones (excluding diaryl/α,β-unsaturated/α-hetero) is 1. The molecule has 1 aromatic carbocycles. The number of nitrogens with zero attached hydrogens (tertiary/aromatic N) is 1. The number of para-hydroxylation sites is 1. The number of hydrogen-bond donors (Lipinski definition) is 1. The van der Waals surface area contributed by atoms with Crippen molar-refractivity contribution in [3.05, 3.63) is 29.6 Å². The van der Waals surface area contributed by atoms with Gasteiger partial charge < -0.3 is 5.11 Å². The Hall–Kier alpha value is -2.31. The summed E-state index contributed by atoms with van der Waals surface area (Å²) < 4.78 is 26.7. The van der Waals surface area contributed by atoms with Crippen LogP contribution in [0.2, 0.25) is 0 Å². The monoisotopic (exact) mass is 241 g/mol. The van der Waals surface area contributed by atoms with E-state index in [0.717, 1.165) is 12.1 Å². The molecule has 0 fully saturated rings. The third-order valence-electron chi connectivity index (χ3n) is 2.32. The zero-order valence-electron chi connectivity index (χ0n) is 8.18. The minimum atomic E-state index is -2.79. The van der Waals surface area contributed by atoms with E-state index in [1.165, 1.54) is 6.07 Å². The molecular weight excluding hydrogens is 236 g/mol. The van der Waals surface area contributed by atoms with Crippen molar-refractivity contribution in [3.63, 3.8) is 0 Å². The molecule has 0 aliphatic carbocycles. The van der Waals surface area contributed by atoms with Gasteiger partial charge in [0.15, 0.2) is 0 Å². The van der Waals surface area contributed by atoms with E-state index in [-0.39, 0.29) is 10.5 Å². The van der Waals surface area contributed by atoms with Crippen LogP contribution in [0.5, 0.6) is 0 Å². The second kappa shape index (κ2) is 3.62. The summed E-state index contributed by atoms with van der Waals surface area (Å²) in [6.45, 7) is 0. The fraction of sp³-hybridized carbons (Fsp3) is 0.100. The van der Waals surface area contributed by atoms with E-state index >= 15 is 0 Å². The van der Waals surface area contributed by atoms with Crippen molar-refractivity contribution >= 4 is 23.3 Å². The molecule has 17 heavy (non-hydrogen) atoms. The first kappa shape index (κ1) is 11.2. The molecule has 0 bridgehead atoms. The van der Waals surface area contributed by atoms with Crippen molar-refractivity contribution < 1.29 is 28.3 Å². The number of benzene rings is 1. The second-order valence-corrected chi connectivity index (χ2v) is 3.31. The minimum Gasteiger partial charge on any atom is -0.478 e. The van der Waals surface area contributed by atoms with E-state index in [1.807, 2.05) is 0 Å². The Labute approximate surface area is 93.3 Å². The molecule has 2 rings (SSSR count). The number of aliphatic carboxylic acids is 1. The van der Waals surface area contributed by atoms with Gasteiger partial charge in [-0.15, -0.1) is 0 Å². The topological polar surface area (TPSA) is 74.7 Å². The number of rotatable bonds is 2. The average Bonchev–Trinajstić information content (AvgIpc) is 2.53. The van der Waals surface area contributed by atoms with Crippen LogP contribution in [-0.4, -0.2) is 29.1 Å². The van der Waals surface area contributed by atoms with Crippen LogP contribution >= 0.6 is 0 Å². The smallest absolute Gasteiger partial charge is 0.360 e. The number of ketones is 1. The summed E-state index contributed by atoms with van der Waals surface area (Å²) in [6, 6.07) is 3.22. The molecule has 0 aromatic heterocycles. The number of hydrogen-bond acceptors (Lipinski definition) is 3. The molecule has 88 valence electrons. The van der Waals surface area contributed by atoms with E-state index < -0.39 is 35.5 Å². The fourth-order valence-electron chi connectivity index (χ4n) is 1.60. The van der Waals surface area contributed by atoms with Gasteiger partial charge in [-0.2, -0.15) is 0 Å². The van der Waals surface area contributed by atoms with Gasteiger partial charge in [0.2, 0.25) is 0 Å². The number of carboxylic acid groups (broad SMARTS) is 1. The summed E-state index contributed by atoms with van der Waals surface area (Å²) in [5.41, 5.74) is -0.962. The van der Waals surface area contributed by atoms with Crippen LogP contribution in [0, 0.1) is 5.82 Å². The molecule has 0 radical (unpaired) electrons. The Kier molecular flexibility index (Phi) is 2.38. The third-order valence-corrected chi connectivity index (χ3v) is 2.32. The maximum atomic E-state index is 13.4. The van der Waals surface area contributed by atoms with Gasteiger partial charge in [-0.1, -0.05) is 6.07 Å². The van der Waals surface area contributed by atoms with Crippen molar-refractivity contribution in [2.24, 2.45) is 0 Å². The lowest BCUT2D eigenvalue weighted by molar-refractivity contribution is -0.144. The Morgan fingerprint density at radius 2 is 2.00 bits per heavy atom. The van der Waals surface area contributed by atoms with E-state index in [1.54, 1.807) is 0 Å². The van der Waals surface area contributed by atoms with E-state index in [4.69, 9.17) is 5.11 Å². The van der Waals surface area contributed by atoms with Gasteiger partial charge in [0, 0.05) is 0 Å². The Balaban J connectivity index is 2.62. The van der Waals surface area contributed by atoms with Gasteiger partial charge in [-0.05, 0) is 12.1 Å². The first-order valence-electron chi connectivity index (χ1n) is 4.48. The molecule has 0 saturated carbocycles. The summed E-state index contributed by atoms with van der Waals surface area (Å²) in [7, 11) is 0. The van der Waals surface area contributed by atoms with Gasteiger partial charge in [-0.3, -0.25) is 14.5 Å². The highest BCUT2D eigenvalue weighted by Gasteiger charge is 2.44. The Morgan fingerprint density at radius 1 is 1.35 bits per heavy atom. The van der Waals surface area contributed by atoms with Crippen molar-refractivity contribution in [3.8, 4) is 0 Å². The van der Waals surface area contributed by atoms with Crippen LogP contribution in [0.15, 0.2) is 18.2 Å². The van der Waals surface area contributed by atoms with Crippen molar-refractivity contribution in [2.45, 2.75) is 6.30 Å².